The maximum atomic E-state index is 11.4. The molecule has 0 aliphatic carbocycles. The molecule has 1 aliphatic heterocycles. The molecule has 0 radical (unpaired) electrons. The molecule has 1 aliphatic rings. The lowest BCUT2D eigenvalue weighted by atomic mass is 10.0. The highest BCUT2D eigenvalue weighted by molar-refractivity contribution is 5.80. The molecular weight excluding hydrogens is 270 g/mol. The molecule has 0 spiro atoms. The van der Waals surface area contributed by atoms with Gasteiger partial charge in [0.15, 0.2) is 0 Å². The number of carbonyl (C=O) groups is 1. The minimum absolute atomic E-state index is 0.197. The highest BCUT2D eigenvalue weighted by atomic mass is 16.2. The summed E-state index contributed by atoms with van der Waals surface area (Å²) in [5.41, 5.74) is 0. The van der Waals surface area contributed by atoms with Crippen molar-refractivity contribution in [3.8, 4) is 23.7 Å². The van der Waals surface area contributed by atoms with E-state index in [1.807, 2.05) is 13.0 Å². The summed E-state index contributed by atoms with van der Waals surface area (Å²) in [6, 6.07) is 0.397. The second kappa shape index (κ2) is 11.9. The van der Waals surface area contributed by atoms with E-state index in [0.29, 0.717) is 6.04 Å². The summed E-state index contributed by atoms with van der Waals surface area (Å²) < 4.78 is 0. The van der Waals surface area contributed by atoms with Crippen molar-refractivity contribution in [3.63, 3.8) is 0 Å². The average molecular weight is 299 g/mol. The number of rotatable bonds is 8. The second-order valence-electron chi connectivity index (χ2n) is 6.06. The molecule has 1 saturated heterocycles. The highest BCUT2D eigenvalue weighted by Crippen LogP contribution is 2.18. The van der Waals surface area contributed by atoms with Crippen LogP contribution in [-0.2, 0) is 4.79 Å². The fraction of sp³-hybridized carbons (Fsp3) is 0.650. The summed E-state index contributed by atoms with van der Waals surface area (Å²) in [5, 5.41) is 3.05. The third-order valence-corrected chi connectivity index (χ3v) is 3.93. The summed E-state index contributed by atoms with van der Waals surface area (Å²) >= 11 is 0. The van der Waals surface area contributed by atoms with E-state index in [-0.39, 0.29) is 11.8 Å². The van der Waals surface area contributed by atoms with Crippen LogP contribution in [0.25, 0.3) is 0 Å². The predicted molar refractivity (Wildman–Crippen MR) is 93.0 cm³/mol. The van der Waals surface area contributed by atoms with E-state index in [0.717, 1.165) is 38.5 Å². The van der Waals surface area contributed by atoms with E-state index >= 15 is 0 Å². The van der Waals surface area contributed by atoms with Crippen LogP contribution >= 0.6 is 0 Å². The lowest BCUT2D eigenvalue weighted by Gasteiger charge is -2.08. The van der Waals surface area contributed by atoms with Crippen LogP contribution in [0, 0.1) is 29.6 Å². The second-order valence-corrected chi connectivity index (χ2v) is 6.06. The van der Waals surface area contributed by atoms with Crippen molar-refractivity contribution < 1.29 is 4.79 Å². The first-order valence-electron chi connectivity index (χ1n) is 8.67. The molecular formula is C20H29NO. The lowest BCUT2D eigenvalue weighted by molar-refractivity contribution is -0.122. The van der Waals surface area contributed by atoms with E-state index < -0.39 is 0 Å². The van der Waals surface area contributed by atoms with E-state index in [2.05, 4.69) is 42.0 Å². The van der Waals surface area contributed by atoms with Crippen LogP contribution in [0.5, 0.6) is 0 Å². The Labute approximate surface area is 136 Å². The van der Waals surface area contributed by atoms with Crippen molar-refractivity contribution in [3.05, 3.63) is 12.2 Å². The first-order valence-corrected chi connectivity index (χ1v) is 8.67. The number of unbranched alkanes of at least 4 members (excludes halogenated alkanes) is 5. The third kappa shape index (κ3) is 8.58. The normalized spacial score (nSPS) is 20.2. The highest BCUT2D eigenvalue weighted by Gasteiger charge is 2.27. The molecule has 1 heterocycles. The summed E-state index contributed by atoms with van der Waals surface area (Å²) in [4.78, 5) is 11.4. The maximum absolute atomic E-state index is 11.4. The molecule has 0 aromatic heterocycles. The molecule has 120 valence electrons. The first-order chi connectivity index (χ1) is 10.7. The van der Waals surface area contributed by atoms with Crippen molar-refractivity contribution in [2.24, 2.45) is 5.92 Å². The van der Waals surface area contributed by atoms with Gasteiger partial charge in [-0.15, -0.1) is 0 Å². The topological polar surface area (TPSA) is 29.1 Å². The Bertz CT molecular complexity index is 469. The molecule has 1 amide bonds. The van der Waals surface area contributed by atoms with E-state index in [9.17, 15) is 4.79 Å². The van der Waals surface area contributed by atoms with Crippen molar-refractivity contribution in [2.45, 2.75) is 77.7 Å². The number of hydrogen-bond donors (Lipinski definition) is 1. The number of nitrogens with one attached hydrogen (secondary N) is 1. The van der Waals surface area contributed by atoms with Crippen LogP contribution in [0.2, 0.25) is 0 Å². The molecule has 1 rings (SSSR count). The van der Waals surface area contributed by atoms with Gasteiger partial charge in [0.05, 0.1) is 0 Å². The van der Waals surface area contributed by atoms with Gasteiger partial charge in [0.25, 0.3) is 0 Å². The molecule has 2 atom stereocenters. The van der Waals surface area contributed by atoms with E-state index in [4.69, 9.17) is 0 Å². The zero-order valence-electron chi connectivity index (χ0n) is 14.1. The Kier molecular flexibility index (Phi) is 9.97. The Morgan fingerprint density at radius 1 is 1.23 bits per heavy atom. The summed E-state index contributed by atoms with van der Waals surface area (Å²) in [6.45, 7) is 4.20. The molecule has 0 unspecified atom stereocenters. The summed E-state index contributed by atoms with van der Waals surface area (Å²) in [6.07, 6.45) is 14.1. The molecule has 2 heteroatoms. The van der Waals surface area contributed by atoms with Gasteiger partial charge in [0, 0.05) is 18.4 Å². The van der Waals surface area contributed by atoms with Crippen LogP contribution in [0.1, 0.15) is 71.6 Å². The Morgan fingerprint density at radius 3 is 2.82 bits per heavy atom. The average Bonchev–Trinajstić information content (AvgIpc) is 2.82. The van der Waals surface area contributed by atoms with E-state index in [1.54, 1.807) is 0 Å². The Hall–Kier alpha value is -1.67. The number of carbonyl (C=O) groups excluding carboxylic acids is 1. The monoisotopic (exact) mass is 299 g/mol. The zero-order chi connectivity index (χ0) is 16.0. The number of hydrogen-bond acceptors (Lipinski definition) is 1. The molecule has 22 heavy (non-hydrogen) atoms. The summed E-state index contributed by atoms with van der Waals surface area (Å²) in [7, 11) is 0. The number of amides is 1. The van der Waals surface area contributed by atoms with Crippen LogP contribution in [-0.4, -0.2) is 11.9 Å². The van der Waals surface area contributed by atoms with Gasteiger partial charge >= 0.3 is 0 Å². The van der Waals surface area contributed by atoms with Gasteiger partial charge < -0.3 is 5.32 Å². The smallest absolute Gasteiger partial charge is 0.223 e. The van der Waals surface area contributed by atoms with Gasteiger partial charge in [-0.1, -0.05) is 51.0 Å². The van der Waals surface area contributed by atoms with Crippen molar-refractivity contribution >= 4 is 5.91 Å². The SMILES string of the molecule is CCCCCC#CC#CC=CCCCC[C@H]1C[C@@H](C)C(=O)N1. The van der Waals surface area contributed by atoms with Gasteiger partial charge in [-0.3, -0.25) is 4.79 Å². The van der Waals surface area contributed by atoms with Crippen LogP contribution in [0.4, 0.5) is 0 Å². The molecule has 0 aromatic rings. The molecule has 0 bridgehead atoms. The lowest BCUT2D eigenvalue weighted by Crippen LogP contribution is -2.25. The molecule has 0 saturated carbocycles. The predicted octanol–water partition coefficient (Wildman–Crippen LogP) is 4.21. The zero-order valence-corrected chi connectivity index (χ0v) is 14.1. The largest absolute Gasteiger partial charge is 0.353 e. The Morgan fingerprint density at radius 2 is 2.09 bits per heavy atom. The summed E-state index contributed by atoms with van der Waals surface area (Å²) in [5.74, 6) is 12.2. The first kappa shape index (κ1) is 18.4. The molecule has 1 fully saturated rings. The van der Waals surface area contributed by atoms with Gasteiger partial charge in [0.2, 0.25) is 5.91 Å². The van der Waals surface area contributed by atoms with Crippen LogP contribution in [0.3, 0.4) is 0 Å². The molecule has 1 N–H and O–H groups in total. The Balaban J connectivity index is 1.99. The minimum atomic E-state index is 0.197. The fourth-order valence-electron chi connectivity index (χ4n) is 2.57. The van der Waals surface area contributed by atoms with Gasteiger partial charge in [-0.05, 0) is 50.0 Å². The fourth-order valence-corrected chi connectivity index (χ4v) is 2.57. The molecule has 2 nitrogen and oxygen atoms in total. The standard InChI is InChI=1S/C20H29NO/c1-3-4-5-6-7-8-9-10-11-12-13-14-15-16-19-17-18(2)20(22)21-19/h11-12,18-19H,3-6,13-17H2,1-2H3,(H,21,22)/t18-,19+/m1/s1. The minimum Gasteiger partial charge on any atom is -0.353 e. The molecule has 0 aromatic carbocycles. The maximum Gasteiger partial charge on any atom is 0.223 e. The van der Waals surface area contributed by atoms with Gasteiger partial charge in [0.1, 0.15) is 0 Å². The third-order valence-electron chi connectivity index (χ3n) is 3.93. The van der Waals surface area contributed by atoms with Gasteiger partial charge in [-0.2, -0.15) is 0 Å². The quantitative estimate of drug-likeness (QED) is 0.528. The van der Waals surface area contributed by atoms with Crippen LogP contribution in [0.15, 0.2) is 12.2 Å². The van der Waals surface area contributed by atoms with Crippen molar-refractivity contribution in [1.29, 1.82) is 0 Å². The van der Waals surface area contributed by atoms with Crippen LogP contribution < -0.4 is 5.32 Å². The van der Waals surface area contributed by atoms with Crippen molar-refractivity contribution in [1.82, 2.24) is 5.32 Å². The van der Waals surface area contributed by atoms with Gasteiger partial charge in [-0.25, -0.2) is 0 Å². The van der Waals surface area contributed by atoms with E-state index in [1.165, 1.54) is 19.3 Å². The number of allylic oxidation sites excluding steroid dienone is 2. The van der Waals surface area contributed by atoms with Crippen molar-refractivity contribution in [2.75, 3.05) is 0 Å².